The minimum Gasteiger partial charge on any atom is -0.456 e. The maximum atomic E-state index is 6.23. The van der Waals surface area contributed by atoms with Gasteiger partial charge in [0.15, 0.2) is 0 Å². The maximum Gasteiger partial charge on any atom is 0.136 e. The highest BCUT2D eigenvalue weighted by Crippen LogP contribution is 2.41. The van der Waals surface area contributed by atoms with Crippen molar-refractivity contribution in [2.75, 3.05) is 4.90 Å². The quantitative estimate of drug-likeness (QED) is 0.168. The van der Waals surface area contributed by atoms with E-state index < -0.39 is 0 Å². The minimum absolute atomic E-state index is 0.905. The standard InChI is InChI=1S/C52H33NO/c1-3-10-44-35(8-1)18-19-40-32-39(25-31-46(40)44)34-20-26-41(27-21-34)53(43-30-24-38-17-16-36-9-2-4-11-45(36)49(38)33-43)42-28-22-37(23-29-42)47-13-7-15-51-52(47)48-12-5-6-14-50(48)54-51/h1-33H. The van der Waals surface area contributed by atoms with Gasteiger partial charge in [-0.05, 0) is 120 Å². The van der Waals surface area contributed by atoms with Crippen molar-refractivity contribution in [2.24, 2.45) is 0 Å². The van der Waals surface area contributed by atoms with E-state index in [-0.39, 0.29) is 0 Å². The first-order valence-electron chi connectivity index (χ1n) is 18.5. The van der Waals surface area contributed by atoms with Crippen LogP contribution in [0, 0.1) is 0 Å². The van der Waals surface area contributed by atoms with Crippen LogP contribution < -0.4 is 4.90 Å². The Bertz CT molecular complexity index is 3210. The number of rotatable bonds is 5. The molecule has 0 amide bonds. The third kappa shape index (κ3) is 4.96. The Hall–Kier alpha value is -7.16. The molecule has 1 heterocycles. The van der Waals surface area contributed by atoms with Gasteiger partial charge in [0.1, 0.15) is 11.2 Å². The molecular formula is C52H33NO. The lowest BCUT2D eigenvalue weighted by atomic mass is 9.97. The lowest BCUT2D eigenvalue weighted by molar-refractivity contribution is 0.669. The highest BCUT2D eigenvalue weighted by molar-refractivity contribution is 6.13. The summed E-state index contributed by atoms with van der Waals surface area (Å²) in [6, 6.07) is 72.4. The molecule has 2 heteroatoms. The molecule has 0 aliphatic carbocycles. The maximum absolute atomic E-state index is 6.23. The molecule has 0 saturated carbocycles. The molecule has 252 valence electrons. The Morgan fingerprint density at radius 1 is 0.296 bits per heavy atom. The van der Waals surface area contributed by atoms with Crippen LogP contribution in [0.15, 0.2) is 205 Å². The van der Waals surface area contributed by atoms with Crippen LogP contribution in [0.4, 0.5) is 17.1 Å². The van der Waals surface area contributed by atoms with Gasteiger partial charge in [-0.3, -0.25) is 0 Å². The Kier molecular flexibility index (Phi) is 6.90. The van der Waals surface area contributed by atoms with Gasteiger partial charge in [0, 0.05) is 27.8 Å². The highest BCUT2D eigenvalue weighted by atomic mass is 16.3. The van der Waals surface area contributed by atoms with Gasteiger partial charge >= 0.3 is 0 Å². The average Bonchev–Trinajstić information content (AvgIpc) is 3.63. The van der Waals surface area contributed by atoms with Crippen LogP contribution in [-0.4, -0.2) is 0 Å². The van der Waals surface area contributed by atoms with Gasteiger partial charge < -0.3 is 9.32 Å². The largest absolute Gasteiger partial charge is 0.456 e. The summed E-state index contributed by atoms with van der Waals surface area (Å²) in [5.41, 5.74) is 9.83. The molecule has 11 aromatic rings. The molecule has 0 spiro atoms. The van der Waals surface area contributed by atoms with Crippen LogP contribution >= 0.6 is 0 Å². The Morgan fingerprint density at radius 2 is 0.815 bits per heavy atom. The monoisotopic (exact) mass is 687 g/mol. The molecule has 0 atom stereocenters. The van der Waals surface area contributed by atoms with Crippen molar-refractivity contribution >= 4 is 82.1 Å². The van der Waals surface area contributed by atoms with Crippen molar-refractivity contribution < 1.29 is 4.42 Å². The second kappa shape index (κ2) is 12.2. The number of anilines is 3. The molecule has 0 unspecified atom stereocenters. The fourth-order valence-electron chi connectivity index (χ4n) is 8.38. The molecule has 0 fully saturated rings. The second-order valence-corrected chi connectivity index (χ2v) is 14.1. The molecule has 10 aromatic carbocycles. The number of nitrogens with zero attached hydrogens (tertiary/aromatic N) is 1. The van der Waals surface area contributed by atoms with Crippen LogP contribution in [-0.2, 0) is 0 Å². The van der Waals surface area contributed by atoms with Crippen molar-refractivity contribution in [2.45, 2.75) is 0 Å². The zero-order valence-electron chi connectivity index (χ0n) is 29.4. The van der Waals surface area contributed by atoms with E-state index in [0.29, 0.717) is 0 Å². The number of para-hydroxylation sites is 1. The molecule has 2 nitrogen and oxygen atoms in total. The first-order chi connectivity index (χ1) is 26.7. The highest BCUT2D eigenvalue weighted by Gasteiger charge is 2.17. The van der Waals surface area contributed by atoms with Gasteiger partial charge in [0.25, 0.3) is 0 Å². The number of hydrogen-bond acceptors (Lipinski definition) is 2. The van der Waals surface area contributed by atoms with Gasteiger partial charge in [0.05, 0.1) is 0 Å². The summed E-state index contributed by atoms with van der Waals surface area (Å²) in [4.78, 5) is 2.37. The molecule has 0 N–H and O–H groups in total. The Balaban J connectivity index is 1.03. The molecule has 1 aromatic heterocycles. The van der Waals surface area contributed by atoms with Crippen molar-refractivity contribution in [1.82, 2.24) is 0 Å². The zero-order valence-corrected chi connectivity index (χ0v) is 29.4. The average molecular weight is 688 g/mol. The van der Waals surface area contributed by atoms with Gasteiger partial charge in [-0.1, -0.05) is 146 Å². The normalized spacial score (nSPS) is 11.7. The number of fused-ring (bicyclic) bond motifs is 9. The predicted octanol–water partition coefficient (Wildman–Crippen LogP) is 15.0. The van der Waals surface area contributed by atoms with E-state index in [4.69, 9.17) is 4.42 Å². The van der Waals surface area contributed by atoms with Gasteiger partial charge in [0.2, 0.25) is 0 Å². The predicted molar refractivity (Wildman–Crippen MR) is 229 cm³/mol. The number of furan rings is 1. The van der Waals surface area contributed by atoms with E-state index in [1.165, 1.54) is 59.8 Å². The second-order valence-electron chi connectivity index (χ2n) is 14.1. The summed E-state index contributed by atoms with van der Waals surface area (Å²) in [5.74, 6) is 0. The molecular weight excluding hydrogens is 655 g/mol. The molecule has 0 aliphatic heterocycles. The summed E-state index contributed by atoms with van der Waals surface area (Å²) in [6.07, 6.45) is 0. The molecule has 0 bridgehead atoms. The van der Waals surface area contributed by atoms with E-state index in [1.807, 2.05) is 12.1 Å². The van der Waals surface area contributed by atoms with Gasteiger partial charge in [-0.2, -0.15) is 0 Å². The third-order valence-corrected chi connectivity index (χ3v) is 11.0. The van der Waals surface area contributed by atoms with E-state index in [1.54, 1.807) is 0 Å². The lowest BCUT2D eigenvalue weighted by Gasteiger charge is -2.26. The van der Waals surface area contributed by atoms with Crippen molar-refractivity contribution in [3.63, 3.8) is 0 Å². The summed E-state index contributed by atoms with van der Waals surface area (Å²) in [6.45, 7) is 0. The fourth-order valence-corrected chi connectivity index (χ4v) is 8.38. The third-order valence-electron chi connectivity index (χ3n) is 11.0. The first-order valence-corrected chi connectivity index (χ1v) is 18.5. The minimum atomic E-state index is 0.905. The molecule has 54 heavy (non-hydrogen) atoms. The molecule has 0 radical (unpaired) electrons. The summed E-state index contributed by atoms with van der Waals surface area (Å²) < 4.78 is 6.23. The molecule has 11 rings (SSSR count). The first kappa shape index (κ1) is 30.5. The van der Waals surface area contributed by atoms with Crippen LogP contribution in [0.25, 0.3) is 87.3 Å². The van der Waals surface area contributed by atoms with Crippen LogP contribution in [0.1, 0.15) is 0 Å². The zero-order chi connectivity index (χ0) is 35.6. The summed E-state index contributed by atoms with van der Waals surface area (Å²) in [5, 5.41) is 12.3. The van der Waals surface area contributed by atoms with Crippen molar-refractivity contribution in [3.05, 3.63) is 200 Å². The number of hydrogen-bond donors (Lipinski definition) is 0. The van der Waals surface area contributed by atoms with Crippen LogP contribution in [0.3, 0.4) is 0 Å². The van der Waals surface area contributed by atoms with E-state index in [0.717, 1.165) is 44.6 Å². The smallest absolute Gasteiger partial charge is 0.136 e. The van der Waals surface area contributed by atoms with Gasteiger partial charge in [-0.25, -0.2) is 0 Å². The lowest BCUT2D eigenvalue weighted by Crippen LogP contribution is -2.09. The van der Waals surface area contributed by atoms with Gasteiger partial charge in [-0.15, -0.1) is 0 Å². The Labute approximate surface area is 312 Å². The van der Waals surface area contributed by atoms with Crippen molar-refractivity contribution in [1.29, 1.82) is 0 Å². The molecule has 0 saturated heterocycles. The van der Waals surface area contributed by atoms with Crippen LogP contribution in [0.2, 0.25) is 0 Å². The van der Waals surface area contributed by atoms with E-state index in [2.05, 4.69) is 193 Å². The summed E-state index contributed by atoms with van der Waals surface area (Å²) >= 11 is 0. The van der Waals surface area contributed by atoms with Crippen LogP contribution in [0.5, 0.6) is 0 Å². The number of benzene rings is 10. The summed E-state index contributed by atoms with van der Waals surface area (Å²) in [7, 11) is 0. The van der Waals surface area contributed by atoms with E-state index >= 15 is 0 Å². The SMILES string of the molecule is c1ccc2c(c1)ccc1cc(-c3ccc(N(c4ccc(-c5cccc6oc7ccccc7c56)cc4)c4ccc5ccc6ccccc6c5c4)cc3)ccc12. The topological polar surface area (TPSA) is 16.4 Å². The Morgan fingerprint density at radius 3 is 1.56 bits per heavy atom. The van der Waals surface area contributed by atoms with E-state index in [9.17, 15) is 0 Å². The molecule has 0 aliphatic rings. The van der Waals surface area contributed by atoms with Crippen molar-refractivity contribution in [3.8, 4) is 22.3 Å². The fraction of sp³-hybridized carbons (Fsp3) is 0.